The molecule has 1 aliphatic heterocycles. The van der Waals surface area contributed by atoms with Crippen LogP contribution >= 0.6 is 11.6 Å². The van der Waals surface area contributed by atoms with Crippen molar-refractivity contribution in [2.75, 3.05) is 23.5 Å². The molecule has 1 N–H and O–H groups in total. The van der Waals surface area contributed by atoms with Gasteiger partial charge < -0.3 is 10.2 Å². The molecule has 1 saturated heterocycles. The van der Waals surface area contributed by atoms with Crippen LogP contribution in [0.3, 0.4) is 0 Å². The van der Waals surface area contributed by atoms with E-state index in [1.54, 1.807) is 0 Å². The Morgan fingerprint density at radius 3 is 2.76 bits per heavy atom. The maximum atomic E-state index is 11.6. The van der Waals surface area contributed by atoms with Crippen molar-refractivity contribution in [3.05, 3.63) is 22.8 Å². The van der Waals surface area contributed by atoms with Gasteiger partial charge >= 0.3 is 0 Å². The molecule has 1 unspecified atom stereocenters. The smallest absolute Gasteiger partial charge is 0.152 e. The lowest BCUT2D eigenvalue weighted by Gasteiger charge is -2.25. The fourth-order valence-corrected chi connectivity index (χ4v) is 4.54. The molecule has 2 fully saturated rings. The van der Waals surface area contributed by atoms with Crippen LogP contribution in [0.25, 0.3) is 0 Å². The Labute approximate surface area is 130 Å². The van der Waals surface area contributed by atoms with Gasteiger partial charge in [-0.15, -0.1) is 0 Å². The van der Waals surface area contributed by atoms with Gasteiger partial charge in [0.1, 0.15) is 5.82 Å². The molecule has 0 spiro atoms. The van der Waals surface area contributed by atoms with Crippen LogP contribution in [0.5, 0.6) is 0 Å². The third-order valence-corrected chi connectivity index (χ3v) is 6.25. The van der Waals surface area contributed by atoms with Gasteiger partial charge in [0.15, 0.2) is 9.84 Å². The van der Waals surface area contributed by atoms with Crippen LogP contribution in [0, 0.1) is 0 Å². The van der Waals surface area contributed by atoms with Gasteiger partial charge in [0.2, 0.25) is 0 Å². The van der Waals surface area contributed by atoms with Gasteiger partial charge in [-0.25, -0.2) is 13.4 Å². The first-order valence-electron chi connectivity index (χ1n) is 7.27. The molecule has 116 valence electrons. The first kappa shape index (κ1) is 15.1. The molecule has 21 heavy (non-hydrogen) atoms. The highest BCUT2D eigenvalue weighted by Crippen LogP contribution is 2.25. The van der Waals surface area contributed by atoms with Crippen LogP contribution in [0.2, 0.25) is 5.02 Å². The van der Waals surface area contributed by atoms with Crippen molar-refractivity contribution in [3.8, 4) is 0 Å². The lowest BCUT2D eigenvalue weighted by molar-refractivity contribution is 0.600. The highest BCUT2D eigenvalue weighted by molar-refractivity contribution is 7.91. The Morgan fingerprint density at radius 1 is 1.38 bits per heavy atom. The number of halogens is 1. The molecule has 2 aliphatic rings. The minimum Gasteiger partial charge on any atom is -0.356 e. The fourth-order valence-electron chi connectivity index (χ4n) is 2.59. The number of aromatic nitrogens is 1. The van der Waals surface area contributed by atoms with Crippen molar-refractivity contribution in [2.24, 2.45) is 0 Å². The normalized spacial score (nSPS) is 24.2. The summed E-state index contributed by atoms with van der Waals surface area (Å²) >= 11 is 6.19. The van der Waals surface area contributed by atoms with Gasteiger partial charge in [0.05, 0.1) is 22.2 Å². The lowest BCUT2D eigenvalue weighted by Crippen LogP contribution is -2.33. The van der Waals surface area contributed by atoms with Crippen molar-refractivity contribution in [2.45, 2.75) is 37.9 Å². The minimum absolute atomic E-state index is 0.00733. The maximum absolute atomic E-state index is 11.6. The number of hydrogen-bond donors (Lipinski definition) is 1. The molecular formula is C14H20ClN3O2S. The standard InChI is InChI=1S/C14H20ClN3O2S/c1-18(11-6-7-21(19,20)9-11)14-5-4-12(15)13(17-14)8-16-10-2-3-10/h4-5,10-11,16H,2-3,6-9H2,1H3. The molecule has 2 heterocycles. The van der Waals surface area contributed by atoms with E-state index in [4.69, 9.17) is 11.6 Å². The van der Waals surface area contributed by atoms with Crippen molar-refractivity contribution < 1.29 is 8.42 Å². The number of pyridine rings is 1. The van der Waals surface area contributed by atoms with Gasteiger partial charge in [0.25, 0.3) is 0 Å². The van der Waals surface area contributed by atoms with Crippen LogP contribution in [0.1, 0.15) is 25.0 Å². The third kappa shape index (κ3) is 3.67. The Hall–Kier alpha value is -0.850. The fraction of sp³-hybridized carbons (Fsp3) is 0.643. The van der Waals surface area contributed by atoms with Crippen LogP contribution in [0.15, 0.2) is 12.1 Å². The molecule has 1 aliphatic carbocycles. The number of nitrogens with zero attached hydrogens (tertiary/aromatic N) is 2. The van der Waals surface area contributed by atoms with Crippen LogP contribution in [0.4, 0.5) is 5.82 Å². The summed E-state index contributed by atoms with van der Waals surface area (Å²) < 4.78 is 23.2. The van der Waals surface area contributed by atoms with E-state index in [0.717, 1.165) is 11.5 Å². The molecule has 3 rings (SSSR count). The summed E-state index contributed by atoms with van der Waals surface area (Å²) in [6.45, 7) is 0.661. The average Bonchev–Trinajstić information content (AvgIpc) is 3.20. The van der Waals surface area contributed by atoms with Gasteiger partial charge in [-0.3, -0.25) is 0 Å². The number of anilines is 1. The summed E-state index contributed by atoms with van der Waals surface area (Å²) in [4.78, 5) is 6.56. The van der Waals surface area contributed by atoms with Gasteiger partial charge in [-0.1, -0.05) is 11.6 Å². The molecule has 0 bridgehead atoms. The number of nitrogens with one attached hydrogen (secondary N) is 1. The van der Waals surface area contributed by atoms with Crippen molar-refractivity contribution in [1.82, 2.24) is 10.3 Å². The van der Waals surface area contributed by atoms with Crippen LogP contribution in [-0.4, -0.2) is 44.0 Å². The molecule has 1 atom stereocenters. The average molecular weight is 330 g/mol. The minimum atomic E-state index is -2.89. The number of hydrogen-bond acceptors (Lipinski definition) is 5. The van der Waals surface area contributed by atoms with E-state index in [9.17, 15) is 8.42 Å². The Kier molecular flexibility index (Phi) is 4.12. The second kappa shape index (κ2) is 5.74. The summed E-state index contributed by atoms with van der Waals surface area (Å²) in [5.41, 5.74) is 0.828. The SMILES string of the molecule is CN(c1ccc(Cl)c(CNC2CC2)n1)C1CCS(=O)(=O)C1. The summed E-state index contributed by atoms with van der Waals surface area (Å²) in [5, 5.41) is 4.05. The lowest BCUT2D eigenvalue weighted by atomic mass is 10.2. The zero-order chi connectivity index (χ0) is 15.0. The van der Waals surface area contributed by atoms with Crippen molar-refractivity contribution in [3.63, 3.8) is 0 Å². The molecule has 1 saturated carbocycles. The summed E-state index contributed by atoms with van der Waals surface area (Å²) in [6.07, 6.45) is 3.10. The Bertz CT molecular complexity index is 631. The monoisotopic (exact) mass is 329 g/mol. The highest BCUT2D eigenvalue weighted by atomic mass is 35.5. The molecular weight excluding hydrogens is 310 g/mol. The third-order valence-electron chi connectivity index (χ3n) is 4.16. The quantitative estimate of drug-likeness (QED) is 0.889. The van der Waals surface area contributed by atoms with E-state index in [1.165, 1.54) is 12.8 Å². The first-order valence-corrected chi connectivity index (χ1v) is 9.46. The van der Waals surface area contributed by atoms with E-state index in [-0.39, 0.29) is 17.5 Å². The molecule has 0 aromatic carbocycles. The van der Waals surface area contributed by atoms with E-state index in [2.05, 4.69) is 10.3 Å². The van der Waals surface area contributed by atoms with Crippen LogP contribution < -0.4 is 10.2 Å². The summed E-state index contributed by atoms with van der Waals surface area (Å²) in [5.74, 6) is 1.27. The zero-order valence-corrected chi connectivity index (χ0v) is 13.6. The Morgan fingerprint density at radius 2 is 2.14 bits per heavy atom. The van der Waals surface area contributed by atoms with E-state index >= 15 is 0 Å². The molecule has 7 heteroatoms. The Balaban J connectivity index is 1.73. The van der Waals surface area contributed by atoms with E-state index < -0.39 is 9.84 Å². The highest BCUT2D eigenvalue weighted by Gasteiger charge is 2.31. The molecule has 0 radical (unpaired) electrons. The second-order valence-corrected chi connectivity index (χ2v) is 8.56. The topological polar surface area (TPSA) is 62.3 Å². The molecule has 1 aromatic rings. The molecule has 1 aromatic heterocycles. The number of rotatable bonds is 5. The second-order valence-electron chi connectivity index (χ2n) is 5.92. The number of sulfone groups is 1. The summed E-state index contributed by atoms with van der Waals surface area (Å²) in [7, 11) is -0.985. The van der Waals surface area contributed by atoms with Gasteiger partial charge in [0, 0.05) is 25.7 Å². The van der Waals surface area contributed by atoms with Gasteiger partial charge in [-0.2, -0.15) is 0 Å². The van der Waals surface area contributed by atoms with Gasteiger partial charge in [-0.05, 0) is 31.4 Å². The van der Waals surface area contributed by atoms with Crippen LogP contribution in [-0.2, 0) is 16.4 Å². The molecule has 0 amide bonds. The predicted molar refractivity (Wildman–Crippen MR) is 84.6 cm³/mol. The zero-order valence-electron chi connectivity index (χ0n) is 12.0. The molecule has 5 nitrogen and oxygen atoms in total. The van der Waals surface area contributed by atoms with Crippen molar-refractivity contribution in [1.29, 1.82) is 0 Å². The maximum Gasteiger partial charge on any atom is 0.152 e. The van der Waals surface area contributed by atoms with E-state index in [0.29, 0.717) is 24.0 Å². The van der Waals surface area contributed by atoms with Crippen molar-refractivity contribution >= 4 is 27.3 Å². The summed E-state index contributed by atoms with van der Waals surface area (Å²) in [6, 6.07) is 4.30. The largest absolute Gasteiger partial charge is 0.356 e. The van der Waals surface area contributed by atoms with E-state index in [1.807, 2.05) is 24.1 Å². The first-order chi connectivity index (χ1) is 9.94. The predicted octanol–water partition coefficient (Wildman–Crippen LogP) is 1.61.